The summed E-state index contributed by atoms with van der Waals surface area (Å²) in [6.07, 6.45) is 17.2. The number of aromatic nitrogens is 4. The van der Waals surface area contributed by atoms with Crippen molar-refractivity contribution in [2.45, 2.75) is 147 Å². The number of fused-ring (bicyclic) bond motifs is 2. The van der Waals surface area contributed by atoms with Crippen LogP contribution in [0.15, 0.2) is 49.1 Å². The third kappa shape index (κ3) is 15.8. The highest BCUT2D eigenvalue weighted by molar-refractivity contribution is 7.90. The lowest BCUT2D eigenvalue weighted by Gasteiger charge is -2.45. The number of amides is 2. The van der Waals surface area contributed by atoms with E-state index in [2.05, 4.69) is 55.4 Å². The van der Waals surface area contributed by atoms with Crippen LogP contribution in [0.5, 0.6) is 0 Å². The number of morpholine rings is 1. The van der Waals surface area contributed by atoms with Crippen LogP contribution in [-0.4, -0.2) is 163 Å². The predicted molar refractivity (Wildman–Crippen MR) is 289 cm³/mol. The summed E-state index contributed by atoms with van der Waals surface area (Å²) < 4.78 is 69.3. The number of aromatic amines is 2. The Bertz CT molecular complexity index is 2680. The van der Waals surface area contributed by atoms with E-state index < -0.39 is 39.4 Å². The highest BCUT2D eigenvalue weighted by atomic mass is 35.6. The molecule has 0 aromatic carbocycles. The third-order valence-corrected chi connectivity index (χ3v) is 19.3. The zero-order valence-electron chi connectivity index (χ0n) is 41.8. The van der Waals surface area contributed by atoms with Crippen molar-refractivity contribution in [1.29, 1.82) is 0 Å². The van der Waals surface area contributed by atoms with Crippen molar-refractivity contribution in [3.8, 4) is 0 Å². The quantitative estimate of drug-likeness (QED) is 0.136. The molecule has 18 nitrogen and oxygen atoms in total. The van der Waals surface area contributed by atoms with Gasteiger partial charge in [0.25, 0.3) is 0 Å². The van der Waals surface area contributed by atoms with Crippen molar-refractivity contribution in [3.05, 3.63) is 60.2 Å². The van der Waals surface area contributed by atoms with Crippen molar-refractivity contribution < 1.29 is 45.4 Å². The van der Waals surface area contributed by atoms with E-state index in [1.54, 1.807) is 30.8 Å². The van der Waals surface area contributed by atoms with Gasteiger partial charge in [-0.05, 0) is 202 Å². The molecule has 2 amide bonds. The lowest BCUT2D eigenvalue weighted by Crippen LogP contribution is -2.64. The number of halogens is 6. The van der Waals surface area contributed by atoms with Crippen LogP contribution in [0.1, 0.15) is 115 Å². The van der Waals surface area contributed by atoms with E-state index in [4.69, 9.17) is 79.1 Å². The van der Waals surface area contributed by atoms with Gasteiger partial charge in [-0.2, -0.15) is 0 Å². The molecule has 6 aliphatic rings. The van der Waals surface area contributed by atoms with Gasteiger partial charge in [0.2, 0.25) is 20.0 Å². The van der Waals surface area contributed by atoms with Crippen LogP contribution in [0.2, 0.25) is 0 Å². The highest BCUT2D eigenvalue weighted by Crippen LogP contribution is 2.38. The van der Waals surface area contributed by atoms with Crippen LogP contribution in [0.25, 0.3) is 22.1 Å². The molecule has 9 heterocycles. The van der Waals surface area contributed by atoms with Gasteiger partial charge < -0.3 is 38.7 Å². The first-order chi connectivity index (χ1) is 34.9. The Labute approximate surface area is 463 Å². The first-order valence-corrected chi connectivity index (χ1v) is 30.4. The number of pyridine rings is 2. The summed E-state index contributed by atoms with van der Waals surface area (Å²) in [5, 5.41) is 1.68. The van der Waals surface area contributed by atoms with E-state index in [0.29, 0.717) is 63.3 Å². The highest BCUT2D eigenvalue weighted by Gasteiger charge is 2.46. The van der Waals surface area contributed by atoms with Gasteiger partial charge in [-0.25, -0.2) is 45.0 Å². The maximum atomic E-state index is 13.2. The largest absolute Gasteiger partial charge is 0.515 e. The smallest absolute Gasteiger partial charge is 0.382 e. The Morgan fingerprint density at radius 2 is 0.973 bits per heavy atom. The van der Waals surface area contributed by atoms with Gasteiger partial charge in [0.05, 0.1) is 29.7 Å². The van der Waals surface area contributed by atoms with Crippen molar-refractivity contribution in [1.82, 2.24) is 38.3 Å². The minimum Gasteiger partial charge on any atom is -0.382 e. The summed E-state index contributed by atoms with van der Waals surface area (Å²) in [5.41, 5.74) is 4.30. The van der Waals surface area contributed by atoms with E-state index >= 15 is 0 Å². The number of sulfonamides is 2. The molecule has 2 N–H and O–H groups in total. The number of hydrogen-bond acceptors (Lipinski definition) is 12. The Morgan fingerprint density at radius 1 is 0.581 bits per heavy atom. The van der Waals surface area contributed by atoms with E-state index in [1.807, 2.05) is 38.4 Å². The van der Waals surface area contributed by atoms with Crippen LogP contribution in [-0.2, 0) is 39.0 Å². The Hall–Kier alpha value is -2.60. The van der Waals surface area contributed by atoms with E-state index in [-0.39, 0.29) is 36.6 Å². The van der Waals surface area contributed by atoms with Gasteiger partial charge in [0.1, 0.15) is 16.5 Å². The lowest BCUT2D eigenvalue weighted by molar-refractivity contribution is -0.0597. The number of carbonyl (C=O) groups is 2. The normalized spacial score (nSPS) is 24.3. The van der Waals surface area contributed by atoms with Gasteiger partial charge in [0.15, 0.2) is 0 Å². The average Bonchev–Trinajstić information content (AvgIpc) is 3.92. The summed E-state index contributed by atoms with van der Waals surface area (Å²) in [4.78, 5) is 41.9. The topological polar surface area (TPSA) is 210 Å². The van der Waals surface area contributed by atoms with Gasteiger partial charge in [-0.3, -0.25) is 0 Å². The minimum absolute atomic E-state index is 0.00210. The van der Waals surface area contributed by atoms with Gasteiger partial charge in [0, 0.05) is 87.9 Å². The number of likely N-dealkylation sites (tertiary alicyclic amines) is 1. The number of ether oxygens (including phenoxy) is 4. The first-order valence-electron chi connectivity index (χ1n) is 25.1. The Balaban J connectivity index is 0.000000164. The summed E-state index contributed by atoms with van der Waals surface area (Å²) >= 11 is 30.2. The fourth-order valence-corrected chi connectivity index (χ4v) is 14.6. The molecule has 10 rings (SSSR count). The molecule has 5 saturated heterocycles. The maximum Gasteiger partial charge on any atom is 0.515 e. The molecule has 6 fully saturated rings. The molecular weight excluding hydrogens is 1130 g/mol. The van der Waals surface area contributed by atoms with Gasteiger partial charge >= 0.3 is 20.1 Å². The van der Waals surface area contributed by atoms with E-state index in [1.165, 1.54) is 35.8 Å². The van der Waals surface area contributed by atoms with Crippen LogP contribution < -0.4 is 0 Å². The molecule has 1 aliphatic carbocycles. The number of nitrogens with zero attached hydrogens (tertiary/aromatic N) is 6. The molecule has 74 heavy (non-hydrogen) atoms. The molecule has 4 aromatic rings. The number of rotatable bonds is 6. The predicted octanol–water partition coefficient (Wildman–Crippen LogP) is 10.4. The maximum absolute atomic E-state index is 13.2. The number of nitrogens with one attached hydrogen (secondary N) is 2. The molecule has 4 atom stereocenters. The second-order valence-electron chi connectivity index (χ2n) is 19.8. The number of hydrogen-bond donors (Lipinski definition) is 2. The molecule has 26 heteroatoms. The van der Waals surface area contributed by atoms with Crippen LogP contribution in [0, 0.1) is 0 Å². The summed E-state index contributed by atoms with van der Waals surface area (Å²) in [5.74, 6) is 0.745. The first kappa shape index (κ1) is 59.1. The van der Waals surface area contributed by atoms with Crippen molar-refractivity contribution in [2.75, 3.05) is 52.4 Å². The second-order valence-corrected chi connectivity index (χ2v) is 28.6. The molecule has 5 aliphatic heterocycles. The zero-order chi connectivity index (χ0) is 53.6. The van der Waals surface area contributed by atoms with Crippen LogP contribution in [0.4, 0.5) is 9.59 Å². The SMILES string of the molecule is C[C@@H]1CCC[C@H](C)O1.C[C@@H]1CN(C(=O)N2CC(S(=O)(=O)N3CCC(c4c[nH]c5ncccc45)CC3)C2)C[C@H](C)O1.O=C(OC(Cl)(Cl)Cl)OC(Cl)(Cl)Cl.O=S(=O)(C1CCC1)N1CCC(c2c[nH]c3ncccc23)CC1. The molecule has 0 radical (unpaired) electrons. The molecule has 4 aromatic heterocycles. The molecule has 0 spiro atoms. The number of alkyl halides is 6. The minimum atomic E-state index is -3.40. The average molecular weight is 1190 g/mol. The van der Waals surface area contributed by atoms with Crippen molar-refractivity contribution in [2.24, 2.45) is 0 Å². The molecule has 0 bridgehead atoms. The lowest BCUT2D eigenvalue weighted by atomic mass is 9.90. The second kappa shape index (κ2) is 25.5. The fraction of sp³-hybridized carbons (Fsp3) is 0.667. The molecule has 1 saturated carbocycles. The van der Waals surface area contributed by atoms with Gasteiger partial charge in [-0.15, -0.1) is 0 Å². The summed E-state index contributed by atoms with van der Waals surface area (Å²) in [7, 11) is -6.45. The number of H-pyrrole nitrogens is 2. The van der Waals surface area contributed by atoms with E-state index in [0.717, 1.165) is 61.6 Å². The van der Waals surface area contributed by atoms with Crippen LogP contribution in [0.3, 0.4) is 0 Å². The molecule has 0 unspecified atom stereocenters. The zero-order valence-corrected chi connectivity index (χ0v) is 48.0. The van der Waals surface area contributed by atoms with Crippen LogP contribution >= 0.6 is 69.6 Å². The molecular formula is C48H66Cl6N8O10S2. The third-order valence-electron chi connectivity index (χ3n) is 14.3. The Morgan fingerprint density at radius 3 is 1.35 bits per heavy atom. The monoisotopic (exact) mass is 1190 g/mol. The van der Waals surface area contributed by atoms with Crippen molar-refractivity contribution in [3.63, 3.8) is 0 Å². The van der Waals surface area contributed by atoms with E-state index in [9.17, 15) is 26.4 Å². The standard InChI is InChI=1S/C22H31N5O4S.C16H21N3O2S.C7H14O.C3Cl6O3/c1-15-11-25(12-16(2)31-15)22(28)26-13-18(14-26)32(29,30)27-8-5-17(6-9-27)20-10-24-21-19(20)4-3-7-23-21;20-22(21,13-3-1-4-13)19-9-6-12(7-10-19)15-11-18-16-14(15)5-2-8-17-16;1-6-4-3-5-7(2)8-6;4-2(5,6)11-1(10)12-3(7,8)9/h3-4,7,10,15-18H,5-6,8-9,11-14H2,1-2H3,(H,23,24);2,5,8,11-13H,1,3-4,6-7,9-10H2,(H,17,18);6-7H,3-5H2,1-2H3;/t15-,16+;;6-,7+;. The summed E-state index contributed by atoms with van der Waals surface area (Å²) in [6, 6.07) is 7.96. The number of piperidine rings is 2. The molecule has 412 valence electrons. The number of urea groups is 1. The Kier molecular flexibility index (Phi) is 20.3. The number of carbonyl (C=O) groups excluding carboxylic acids is 2. The summed E-state index contributed by atoms with van der Waals surface area (Å²) in [6.45, 7) is 12.2. The van der Waals surface area contributed by atoms with Crippen molar-refractivity contribution >= 4 is 124 Å². The fourth-order valence-electron chi connectivity index (χ4n) is 10.3. The van der Waals surface area contributed by atoms with Gasteiger partial charge in [-0.1, -0.05) is 6.42 Å².